The molecule has 8 heteroatoms. The third kappa shape index (κ3) is 6.78. The van der Waals surface area contributed by atoms with Gasteiger partial charge in [0.05, 0.1) is 0 Å². The standard InChI is InChI=1S/C15H24N4O2S2/c1-2-11(17-15(23)19-13(21)10-5-6-10)7-8-16-14(22)18-12(20)9-3-4-9/h9-11H,2-8H2,1H3,(H2,16,18,20,22)(H2,17,19,21,23)/t11-/m0/s1. The number of thiocarbonyl (C=S) groups is 2. The first-order chi connectivity index (χ1) is 11.0. The molecular formula is C15H24N4O2S2. The Morgan fingerprint density at radius 1 is 1.00 bits per heavy atom. The average Bonchev–Trinajstić information content (AvgIpc) is 3.39. The monoisotopic (exact) mass is 356 g/mol. The maximum Gasteiger partial charge on any atom is 0.229 e. The lowest BCUT2D eigenvalue weighted by atomic mass is 10.1. The van der Waals surface area contributed by atoms with Crippen molar-refractivity contribution in [1.82, 2.24) is 21.3 Å². The van der Waals surface area contributed by atoms with Crippen LogP contribution >= 0.6 is 24.4 Å². The van der Waals surface area contributed by atoms with E-state index in [4.69, 9.17) is 24.4 Å². The Hall–Kier alpha value is -1.28. The van der Waals surface area contributed by atoms with Crippen molar-refractivity contribution in [2.75, 3.05) is 6.54 Å². The van der Waals surface area contributed by atoms with Gasteiger partial charge in [0.1, 0.15) is 0 Å². The zero-order chi connectivity index (χ0) is 16.8. The maximum absolute atomic E-state index is 11.6. The van der Waals surface area contributed by atoms with Crippen LogP contribution < -0.4 is 21.3 Å². The second-order valence-electron chi connectivity index (χ2n) is 6.15. The fourth-order valence-electron chi connectivity index (χ4n) is 2.12. The Bertz CT molecular complexity index is 490. The van der Waals surface area contributed by atoms with Gasteiger partial charge in [-0.1, -0.05) is 6.92 Å². The number of nitrogens with one attached hydrogen (secondary N) is 4. The molecule has 0 saturated heterocycles. The summed E-state index contributed by atoms with van der Waals surface area (Å²) in [6.07, 6.45) is 5.50. The molecule has 0 aromatic rings. The summed E-state index contributed by atoms with van der Waals surface area (Å²) < 4.78 is 0. The van der Waals surface area contributed by atoms with Gasteiger partial charge in [0.15, 0.2) is 10.2 Å². The summed E-state index contributed by atoms with van der Waals surface area (Å²) in [5.74, 6) is 0.312. The molecule has 2 fully saturated rings. The first kappa shape index (κ1) is 18.1. The van der Waals surface area contributed by atoms with Gasteiger partial charge in [0.2, 0.25) is 11.8 Å². The van der Waals surface area contributed by atoms with Crippen molar-refractivity contribution >= 4 is 46.5 Å². The van der Waals surface area contributed by atoms with E-state index in [9.17, 15) is 9.59 Å². The van der Waals surface area contributed by atoms with Crippen molar-refractivity contribution in [3.8, 4) is 0 Å². The minimum absolute atomic E-state index is 0.0108. The largest absolute Gasteiger partial charge is 0.362 e. The van der Waals surface area contributed by atoms with E-state index in [1.807, 2.05) is 0 Å². The lowest BCUT2D eigenvalue weighted by Gasteiger charge is -2.19. The van der Waals surface area contributed by atoms with Crippen molar-refractivity contribution in [1.29, 1.82) is 0 Å². The molecule has 2 aliphatic rings. The second-order valence-corrected chi connectivity index (χ2v) is 6.97. The zero-order valence-electron chi connectivity index (χ0n) is 13.3. The zero-order valence-corrected chi connectivity index (χ0v) is 14.9. The van der Waals surface area contributed by atoms with E-state index in [2.05, 4.69) is 28.2 Å². The smallest absolute Gasteiger partial charge is 0.229 e. The summed E-state index contributed by atoms with van der Waals surface area (Å²) in [7, 11) is 0. The number of hydrogen-bond acceptors (Lipinski definition) is 4. The van der Waals surface area contributed by atoms with Crippen molar-refractivity contribution in [3.05, 3.63) is 0 Å². The molecule has 0 aliphatic heterocycles. The van der Waals surface area contributed by atoms with Gasteiger partial charge in [-0.05, 0) is 63.0 Å². The van der Waals surface area contributed by atoms with E-state index in [-0.39, 0.29) is 29.7 Å². The summed E-state index contributed by atoms with van der Waals surface area (Å²) in [6, 6.07) is 0.149. The quantitative estimate of drug-likeness (QED) is 0.509. The number of carbonyl (C=O) groups is 2. The van der Waals surface area contributed by atoms with Crippen LogP contribution in [-0.4, -0.2) is 34.6 Å². The van der Waals surface area contributed by atoms with Crippen LogP contribution in [0.3, 0.4) is 0 Å². The third-order valence-electron chi connectivity index (χ3n) is 3.98. The number of rotatable bonds is 7. The van der Waals surface area contributed by atoms with E-state index in [1.54, 1.807) is 0 Å². The van der Waals surface area contributed by atoms with Crippen LogP contribution in [0, 0.1) is 11.8 Å². The Morgan fingerprint density at radius 2 is 1.52 bits per heavy atom. The normalized spacial score (nSPS) is 17.8. The van der Waals surface area contributed by atoms with E-state index in [1.165, 1.54) is 0 Å². The van der Waals surface area contributed by atoms with Gasteiger partial charge >= 0.3 is 0 Å². The predicted molar refractivity (Wildman–Crippen MR) is 96.8 cm³/mol. The minimum Gasteiger partial charge on any atom is -0.362 e. The van der Waals surface area contributed by atoms with Crippen LogP contribution in [0.1, 0.15) is 45.4 Å². The van der Waals surface area contributed by atoms with Crippen molar-refractivity contribution in [3.63, 3.8) is 0 Å². The average molecular weight is 357 g/mol. The molecular weight excluding hydrogens is 332 g/mol. The molecule has 0 radical (unpaired) electrons. The Morgan fingerprint density at radius 3 is 2.00 bits per heavy atom. The van der Waals surface area contributed by atoms with Gasteiger partial charge in [-0.15, -0.1) is 0 Å². The van der Waals surface area contributed by atoms with Gasteiger partial charge in [-0.3, -0.25) is 9.59 Å². The molecule has 23 heavy (non-hydrogen) atoms. The molecule has 0 spiro atoms. The maximum atomic E-state index is 11.6. The van der Waals surface area contributed by atoms with Gasteiger partial charge in [-0.25, -0.2) is 0 Å². The van der Waals surface area contributed by atoms with E-state index in [0.29, 0.717) is 16.8 Å². The number of carbonyl (C=O) groups excluding carboxylic acids is 2. The Kier molecular flexibility index (Phi) is 6.71. The van der Waals surface area contributed by atoms with Gasteiger partial charge in [0, 0.05) is 24.4 Å². The van der Waals surface area contributed by atoms with Crippen LogP contribution in [0.5, 0.6) is 0 Å². The molecule has 2 saturated carbocycles. The highest BCUT2D eigenvalue weighted by Gasteiger charge is 2.30. The highest BCUT2D eigenvalue weighted by atomic mass is 32.1. The second kappa shape index (κ2) is 8.54. The van der Waals surface area contributed by atoms with Gasteiger partial charge in [-0.2, -0.15) is 0 Å². The third-order valence-corrected chi connectivity index (χ3v) is 4.44. The van der Waals surface area contributed by atoms with Crippen LogP contribution in [0.25, 0.3) is 0 Å². The fraction of sp³-hybridized carbons (Fsp3) is 0.733. The lowest BCUT2D eigenvalue weighted by molar-refractivity contribution is -0.121. The topological polar surface area (TPSA) is 82.3 Å². The first-order valence-electron chi connectivity index (χ1n) is 8.19. The van der Waals surface area contributed by atoms with E-state index in [0.717, 1.165) is 38.5 Å². The summed E-state index contributed by atoms with van der Waals surface area (Å²) in [4.78, 5) is 23.2. The summed E-state index contributed by atoms with van der Waals surface area (Å²) in [5.41, 5.74) is 0. The minimum atomic E-state index is 0.0108. The van der Waals surface area contributed by atoms with Crippen LogP contribution in [0.15, 0.2) is 0 Å². The summed E-state index contributed by atoms with van der Waals surface area (Å²) in [6.45, 7) is 2.69. The Balaban J connectivity index is 1.59. The lowest BCUT2D eigenvalue weighted by Crippen LogP contribution is -2.46. The van der Waals surface area contributed by atoms with E-state index >= 15 is 0 Å². The van der Waals surface area contributed by atoms with Crippen molar-refractivity contribution in [2.24, 2.45) is 11.8 Å². The molecule has 0 aromatic heterocycles. The molecule has 0 bridgehead atoms. The van der Waals surface area contributed by atoms with Gasteiger partial charge in [0.25, 0.3) is 0 Å². The van der Waals surface area contributed by atoms with Gasteiger partial charge < -0.3 is 21.3 Å². The highest BCUT2D eigenvalue weighted by molar-refractivity contribution is 7.80. The molecule has 2 rings (SSSR count). The highest BCUT2D eigenvalue weighted by Crippen LogP contribution is 2.29. The summed E-state index contributed by atoms with van der Waals surface area (Å²) in [5, 5.41) is 12.4. The van der Waals surface area contributed by atoms with Crippen molar-refractivity contribution in [2.45, 2.75) is 51.5 Å². The van der Waals surface area contributed by atoms with Crippen LogP contribution in [-0.2, 0) is 9.59 Å². The number of amides is 2. The SMILES string of the molecule is CC[C@@H](CCNC(=S)NC(=O)C1CC1)NC(=S)NC(=O)C1CC1. The van der Waals surface area contributed by atoms with Crippen molar-refractivity contribution < 1.29 is 9.59 Å². The first-order valence-corrected chi connectivity index (χ1v) is 9.01. The van der Waals surface area contributed by atoms with Crippen LogP contribution in [0.4, 0.5) is 0 Å². The molecule has 2 aliphatic carbocycles. The molecule has 2 amide bonds. The molecule has 0 heterocycles. The number of hydrogen-bond donors (Lipinski definition) is 4. The molecule has 128 valence electrons. The molecule has 0 unspecified atom stereocenters. The Labute approximate surface area is 147 Å². The fourth-order valence-corrected chi connectivity index (χ4v) is 2.59. The predicted octanol–water partition coefficient (Wildman–Crippen LogP) is 0.956. The molecule has 4 N–H and O–H groups in total. The molecule has 6 nitrogen and oxygen atoms in total. The van der Waals surface area contributed by atoms with E-state index < -0.39 is 0 Å². The van der Waals surface area contributed by atoms with Crippen LogP contribution in [0.2, 0.25) is 0 Å². The molecule has 1 atom stereocenters. The summed E-state index contributed by atoms with van der Waals surface area (Å²) >= 11 is 10.3. The molecule has 0 aromatic carbocycles.